The normalized spacial score (nSPS) is 12.5. The van der Waals surface area contributed by atoms with E-state index in [1.165, 1.54) is 11.1 Å². The molecule has 0 atom stereocenters. The molecular formula is C20H35NO. The Morgan fingerprint density at radius 3 is 2.18 bits per heavy atom. The van der Waals surface area contributed by atoms with Crippen LogP contribution in [0, 0.1) is 0 Å². The summed E-state index contributed by atoms with van der Waals surface area (Å²) < 4.78 is 6.09. The van der Waals surface area contributed by atoms with Crippen LogP contribution in [0.15, 0.2) is 18.2 Å². The molecule has 0 amide bonds. The highest BCUT2D eigenvalue weighted by Gasteiger charge is 2.26. The SMILES string of the molecule is CCC(C)(C)c1ccc(OCCCNC)c(C(C)(C)CC)c1. The molecule has 0 radical (unpaired) electrons. The Morgan fingerprint density at radius 1 is 1.00 bits per heavy atom. The Balaban J connectivity index is 3.11. The molecule has 126 valence electrons. The van der Waals surface area contributed by atoms with Crippen LogP contribution in [0.25, 0.3) is 0 Å². The first-order valence-electron chi connectivity index (χ1n) is 8.71. The molecule has 0 aliphatic heterocycles. The molecule has 0 aliphatic carbocycles. The van der Waals surface area contributed by atoms with Crippen molar-refractivity contribution in [2.75, 3.05) is 20.2 Å². The number of hydrogen-bond donors (Lipinski definition) is 1. The van der Waals surface area contributed by atoms with Crippen molar-refractivity contribution in [1.29, 1.82) is 0 Å². The van der Waals surface area contributed by atoms with Crippen molar-refractivity contribution in [3.8, 4) is 5.75 Å². The molecule has 0 spiro atoms. The van der Waals surface area contributed by atoms with Gasteiger partial charge >= 0.3 is 0 Å². The van der Waals surface area contributed by atoms with Crippen LogP contribution in [-0.4, -0.2) is 20.2 Å². The Kier molecular flexibility index (Phi) is 6.93. The van der Waals surface area contributed by atoms with Gasteiger partial charge in [0, 0.05) is 5.56 Å². The molecule has 22 heavy (non-hydrogen) atoms. The molecule has 1 N–H and O–H groups in total. The molecular weight excluding hydrogens is 270 g/mol. The summed E-state index contributed by atoms with van der Waals surface area (Å²) in [7, 11) is 1.98. The van der Waals surface area contributed by atoms with E-state index in [4.69, 9.17) is 4.74 Å². The van der Waals surface area contributed by atoms with Crippen molar-refractivity contribution in [3.63, 3.8) is 0 Å². The van der Waals surface area contributed by atoms with Gasteiger partial charge in [-0.1, -0.05) is 53.7 Å². The quantitative estimate of drug-likeness (QED) is 0.645. The van der Waals surface area contributed by atoms with Crippen LogP contribution < -0.4 is 10.1 Å². The molecule has 0 aliphatic rings. The number of benzene rings is 1. The number of ether oxygens (including phenoxy) is 1. The second-order valence-electron chi connectivity index (χ2n) is 7.49. The Morgan fingerprint density at radius 2 is 1.64 bits per heavy atom. The Bertz CT molecular complexity index is 463. The maximum Gasteiger partial charge on any atom is 0.123 e. The maximum absolute atomic E-state index is 6.09. The fourth-order valence-corrected chi connectivity index (χ4v) is 2.43. The molecule has 1 aromatic rings. The highest BCUT2D eigenvalue weighted by Crippen LogP contribution is 2.38. The van der Waals surface area contributed by atoms with Crippen LogP contribution in [0.1, 0.15) is 71.9 Å². The highest BCUT2D eigenvalue weighted by atomic mass is 16.5. The fraction of sp³-hybridized carbons (Fsp3) is 0.700. The Labute approximate surface area is 137 Å². The van der Waals surface area contributed by atoms with Crippen LogP contribution >= 0.6 is 0 Å². The summed E-state index contributed by atoms with van der Waals surface area (Å²) in [6, 6.07) is 6.80. The first-order valence-corrected chi connectivity index (χ1v) is 8.71. The van der Waals surface area contributed by atoms with Crippen LogP contribution in [-0.2, 0) is 10.8 Å². The third-order valence-corrected chi connectivity index (χ3v) is 5.09. The van der Waals surface area contributed by atoms with E-state index >= 15 is 0 Å². The summed E-state index contributed by atoms with van der Waals surface area (Å²) in [5.74, 6) is 1.05. The van der Waals surface area contributed by atoms with E-state index in [2.05, 4.69) is 65.1 Å². The van der Waals surface area contributed by atoms with E-state index in [-0.39, 0.29) is 10.8 Å². The van der Waals surface area contributed by atoms with Gasteiger partial charge in [0.15, 0.2) is 0 Å². The van der Waals surface area contributed by atoms with Gasteiger partial charge in [0.2, 0.25) is 0 Å². The minimum Gasteiger partial charge on any atom is -0.493 e. The van der Waals surface area contributed by atoms with Crippen molar-refractivity contribution in [2.45, 2.75) is 71.6 Å². The van der Waals surface area contributed by atoms with Gasteiger partial charge in [-0.15, -0.1) is 0 Å². The van der Waals surface area contributed by atoms with Gasteiger partial charge in [0.1, 0.15) is 5.75 Å². The summed E-state index contributed by atoms with van der Waals surface area (Å²) in [5.41, 5.74) is 3.11. The topological polar surface area (TPSA) is 21.3 Å². The van der Waals surface area contributed by atoms with Crippen molar-refractivity contribution in [3.05, 3.63) is 29.3 Å². The minimum absolute atomic E-state index is 0.137. The fourth-order valence-electron chi connectivity index (χ4n) is 2.43. The number of rotatable bonds is 9. The molecule has 1 rings (SSSR count). The molecule has 0 unspecified atom stereocenters. The zero-order valence-electron chi connectivity index (χ0n) is 15.7. The van der Waals surface area contributed by atoms with Gasteiger partial charge in [-0.3, -0.25) is 0 Å². The largest absolute Gasteiger partial charge is 0.493 e. The second-order valence-corrected chi connectivity index (χ2v) is 7.49. The summed E-state index contributed by atoms with van der Waals surface area (Å²) in [6.07, 6.45) is 3.28. The van der Waals surface area contributed by atoms with E-state index in [0.717, 1.165) is 38.2 Å². The van der Waals surface area contributed by atoms with Crippen LogP contribution in [0.3, 0.4) is 0 Å². The second kappa shape index (κ2) is 8.01. The lowest BCUT2D eigenvalue weighted by molar-refractivity contribution is 0.299. The zero-order chi connectivity index (χ0) is 16.8. The van der Waals surface area contributed by atoms with E-state index in [1.54, 1.807) is 0 Å². The molecule has 0 saturated heterocycles. The van der Waals surface area contributed by atoms with Crippen molar-refractivity contribution < 1.29 is 4.74 Å². The van der Waals surface area contributed by atoms with E-state index in [0.29, 0.717) is 0 Å². The molecule has 0 aromatic heterocycles. The molecule has 2 nitrogen and oxygen atoms in total. The average Bonchev–Trinajstić information content (AvgIpc) is 2.51. The molecule has 0 saturated carbocycles. The predicted molar refractivity (Wildman–Crippen MR) is 97.1 cm³/mol. The monoisotopic (exact) mass is 305 g/mol. The van der Waals surface area contributed by atoms with Gasteiger partial charge in [-0.2, -0.15) is 0 Å². The van der Waals surface area contributed by atoms with E-state index in [9.17, 15) is 0 Å². The summed E-state index contributed by atoms with van der Waals surface area (Å²) in [6.45, 7) is 15.5. The predicted octanol–water partition coefficient (Wildman–Crippen LogP) is 5.05. The first kappa shape index (κ1) is 19.0. The van der Waals surface area contributed by atoms with Gasteiger partial charge in [-0.25, -0.2) is 0 Å². The smallest absolute Gasteiger partial charge is 0.123 e. The number of nitrogens with one attached hydrogen (secondary N) is 1. The van der Waals surface area contributed by atoms with Gasteiger partial charge < -0.3 is 10.1 Å². The van der Waals surface area contributed by atoms with E-state index < -0.39 is 0 Å². The molecule has 0 bridgehead atoms. The standard InChI is InChI=1S/C20H35NO/c1-8-19(3,4)16-11-12-18(22-14-10-13-21-7)17(15-16)20(5,6)9-2/h11-12,15,21H,8-10,13-14H2,1-7H3. The van der Waals surface area contributed by atoms with E-state index in [1.807, 2.05) is 7.05 Å². The van der Waals surface area contributed by atoms with Crippen LogP contribution in [0.2, 0.25) is 0 Å². The molecule has 0 fully saturated rings. The van der Waals surface area contributed by atoms with Crippen LogP contribution in [0.4, 0.5) is 0 Å². The minimum atomic E-state index is 0.137. The Hall–Kier alpha value is -1.02. The lowest BCUT2D eigenvalue weighted by Gasteiger charge is -2.30. The first-order chi connectivity index (χ1) is 10.3. The van der Waals surface area contributed by atoms with Gasteiger partial charge in [0.25, 0.3) is 0 Å². The zero-order valence-corrected chi connectivity index (χ0v) is 15.7. The van der Waals surface area contributed by atoms with Crippen molar-refractivity contribution in [1.82, 2.24) is 5.32 Å². The third-order valence-electron chi connectivity index (χ3n) is 5.09. The summed E-state index contributed by atoms with van der Waals surface area (Å²) >= 11 is 0. The molecule has 1 aromatic carbocycles. The van der Waals surface area contributed by atoms with Crippen LogP contribution in [0.5, 0.6) is 5.75 Å². The highest BCUT2D eigenvalue weighted by molar-refractivity contribution is 5.44. The molecule has 2 heteroatoms. The maximum atomic E-state index is 6.09. The molecule has 0 heterocycles. The number of hydrogen-bond acceptors (Lipinski definition) is 2. The lowest BCUT2D eigenvalue weighted by atomic mass is 9.76. The van der Waals surface area contributed by atoms with Gasteiger partial charge in [0.05, 0.1) is 6.61 Å². The third kappa shape index (κ3) is 4.74. The summed E-state index contributed by atoms with van der Waals surface area (Å²) in [4.78, 5) is 0. The van der Waals surface area contributed by atoms with Crippen molar-refractivity contribution in [2.24, 2.45) is 0 Å². The van der Waals surface area contributed by atoms with Gasteiger partial charge in [-0.05, 0) is 55.3 Å². The van der Waals surface area contributed by atoms with Crippen molar-refractivity contribution >= 4 is 0 Å². The lowest BCUT2D eigenvalue weighted by Crippen LogP contribution is -2.21. The average molecular weight is 306 g/mol. The summed E-state index contributed by atoms with van der Waals surface area (Å²) in [5, 5.41) is 3.17.